The molecule has 0 saturated heterocycles. The van der Waals surface area contributed by atoms with Crippen LogP contribution in [0.15, 0.2) is 138 Å². The van der Waals surface area contributed by atoms with Gasteiger partial charge in [0.2, 0.25) is 23.6 Å². The van der Waals surface area contributed by atoms with Crippen LogP contribution in [0.2, 0.25) is 0 Å². The summed E-state index contributed by atoms with van der Waals surface area (Å²) in [6.07, 6.45) is 1.18. The summed E-state index contributed by atoms with van der Waals surface area (Å²) >= 11 is 1.45. The summed E-state index contributed by atoms with van der Waals surface area (Å²) in [6.45, 7) is 0.524. The molecule has 62 heavy (non-hydrogen) atoms. The van der Waals surface area contributed by atoms with Crippen LogP contribution in [0.3, 0.4) is 0 Å². The van der Waals surface area contributed by atoms with Gasteiger partial charge in [-0.05, 0) is 76.9 Å². The van der Waals surface area contributed by atoms with Crippen LogP contribution in [0, 0.1) is 0 Å². The fraction of sp³-hybridized carbons (Fsp3) is 0.271. The van der Waals surface area contributed by atoms with Gasteiger partial charge in [0, 0.05) is 31.0 Å². The van der Waals surface area contributed by atoms with Gasteiger partial charge in [0.25, 0.3) is 0 Å². The van der Waals surface area contributed by atoms with Gasteiger partial charge >= 0.3 is 0 Å². The molecule has 0 saturated carbocycles. The molecule has 14 heteroatoms. The number of aliphatic imine (C=N–C) groups is 1. The van der Waals surface area contributed by atoms with E-state index in [-0.39, 0.29) is 49.2 Å². The zero-order chi connectivity index (χ0) is 44.1. The van der Waals surface area contributed by atoms with Crippen molar-refractivity contribution in [3.63, 3.8) is 0 Å². The first-order valence-electron chi connectivity index (χ1n) is 20.5. The molecule has 0 spiro atoms. The molecule has 0 radical (unpaired) electrons. The number of phenolic OH excluding ortho intramolecular Hbond substituents is 1. The predicted molar refractivity (Wildman–Crippen MR) is 245 cm³/mol. The van der Waals surface area contributed by atoms with Gasteiger partial charge in [0.1, 0.15) is 29.6 Å². The van der Waals surface area contributed by atoms with Gasteiger partial charge in [0.05, 0.1) is 13.5 Å². The fourth-order valence-electron chi connectivity index (χ4n) is 6.57. The first-order chi connectivity index (χ1) is 30.1. The smallest absolute Gasteiger partial charge is 0.244 e. The molecule has 0 bridgehead atoms. The number of nitrogens with one attached hydrogen (secondary N) is 4. The highest BCUT2D eigenvalue weighted by Gasteiger charge is 2.30. The summed E-state index contributed by atoms with van der Waals surface area (Å²) in [5.41, 5.74) is 16.7. The largest absolute Gasteiger partial charge is 0.508 e. The van der Waals surface area contributed by atoms with Crippen molar-refractivity contribution in [2.75, 3.05) is 26.0 Å². The highest BCUT2D eigenvalue weighted by Crippen LogP contribution is 2.21. The number of phenols is 1. The third-order valence-electron chi connectivity index (χ3n) is 9.93. The number of benzene rings is 5. The third kappa shape index (κ3) is 15.7. The summed E-state index contributed by atoms with van der Waals surface area (Å²) in [4.78, 5) is 59.7. The standard InChI is InChI=1S/C48H55N7O6S/c1-61-40-24-18-36(19-25-40)31-62-32-43(53-44(57)30-35-14-20-38(21-15-35)37-11-6-3-7-12-37)47(60)54-41(13-8-27-52-48(49)50)46(59)55-42(29-34-16-22-39(56)23-17-34)45(58)51-28-26-33-9-4-2-5-10-33/h2-7,9-12,14-25,41-43,56H,8,13,26-32H2,1H3,(H,51,58)(H,53,57)(H,54,60)(H,55,59)(H4,49,50,52)/t41-,42+,43+/m1/s1. The topological polar surface area (TPSA) is 210 Å². The lowest BCUT2D eigenvalue weighted by molar-refractivity contribution is -0.133. The average Bonchev–Trinajstić information content (AvgIpc) is 3.28. The zero-order valence-electron chi connectivity index (χ0n) is 34.8. The van der Waals surface area contributed by atoms with E-state index in [0.717, 1.165) is 33.6 Å². The van der Waals surface area contributed by atoms with Gasteiger partial charge in [-0.1, -0.05) is 109 Å². The number of nitrogens with zero attached hydrogens (tertiary/aromatic N) is 1. The van der Waals surface area contributed by atoms with E-state index >= 15 is 0 Å². The number of rotatable bonds is 23. The summed E-state index contributed by atoms with van der Waals surface area (Å²) in [5.74, 6) is -0.514. The molecule has 324 valence electrons. The van der Waals surface area contributed by atoms with Crippen LogP contribution in [0.1, 0.15) is 35.1 Å². The maximum absolute atomic E-state index is 14.2. The van der Waals surface area contributed by atoms with Gasteiger partial charge in [-0.15, -0.1) is 0 Å². The Labute approximate surface area is 367 Å². The molecule has 3 atom stereocenters. The molecule has 0 aliphatic carbocycles. The molecule has 5 rings (SSSR count). The number of methoxy groups -OCH3 is 1. The SMILES string of the molecule is COc1ccc(CSC[C@H](NC(=O)Cc2ccc(-c3ccccc3)cc2)C(=O)N[C@H](CCCN=C(N)N)C(=O)N[C@@H](Cc2ccc(O)cc2)C(=O)NCCc2ccccc2)cc1. The van der Waals surface area contributed by atoms with E-state index < -0.39 is 35.8 Å². The predicted octanol–water partition coefficient (Wildman–Crippen LogP) is 4.65. The number of hydrogen-bond acceptors (Lipinski definition) is 8. The Balaban J connectivity index is 1.32. The van der Waals surface area contributed by atoms with Gasteiger partial charge in [0.15, 0.2) is 5.96 Å². The Morgan fingerprint density at radius 3 is 1.92 bits per heavy atom. The molecular weight excluding hydrogens is 803 g/mol. The Morgan fingerprint density at radius 2 is 1.26 bits per heavy atom. The molecule has 0 unspecified atom stereocenters. The Kier molecular flexibility index (Phi) is 18.3. The molecule has 9 N–H and O–H groups in total. The van der Waals surface area contributed by atoms with Crippen LogP contribution in [-0.4, -0.2) is 78.8 Å². The summed E-state index contributed by atoms with van der Waals surface area (Å²) < 4.78 is 5.28. The van der Waals surface area contributed by atoms with Gasteiger partial charge in [-0.2, -0.15) is 11.8 Å². The molecule has 5 aromatic carbocycles. The lowest BCUT2D eigenvalue weighted by Gasteiger charge is -2.25. The van der Waals surface area contributed by atoms with E-state index in [4.69, 9.17) is 16.2 Å². The van der Waals surface area contributed by atoms with Crippen LogP contribution < -0.4 is 37.5 Å². The van der Waals surface area contributed by atoms with E-state index in [2.05, 4.69) is 26.3 Å². The van der Waals surface area contributed by atoms with Crippen LogP contribution in [0.4, 0.5) is 0 Å². The first-order valence-corrected chi connectivity index (χ1v) is 21.6. The summed E-state index contributed by atoms with van der Waals surface area (Å²) in [6, 6.07) is 38.1. The lowest BCUT2D eigenvalue weighted by Crippen LogP contribution is -2.57. The van der Waals surface area contributed by atoms with E-state index in [1.54, 1.807) is 19.2 Å². The maximum atomic E-state index is 14.2. The van der Waals surface area contributed by atoms with Gasteiger partial charge in [-0.25, -0.2) is 0 Å². The molecule has 0 aromatic heterocycles. The van der Waals surface area contributed by atoms with Crippen molar-refractivity contribution < 1.29 is 29.0 Å². The molecule has 0 heterocycles. The minimum Gasteiger partial charge on any atom is -0.508 e. The van der Waals surface area contributed by atoms with Crippen molar-refractivity contribution in [1.29, 1.82) is 0 Å². The van der Waals surface area contributed by atoms with E-state index in [9.17, 15) is 24.3 Å². The highest BCUT2D eigenvalue weighted by atomic mass is 32.2. The normalized spacial score (nSPS) is 12.2. The fourth-order valence-corrected chi connectivity index (χ4v) is 7.58. The third-order valence-corrected chi connectivity index (χ3v) is 11.0. The van der Waals surface area contributed by atoms with Crippen LogP contribution in [0.5, 0.6) is 11.5 Å². The second-order valence-electron chi connectivity index (χ2n) is 14.7. The van der Waals surface area contributed by atoms with Crippen molar-refractivity contribution in [2.24, 2.45) is 16.5 Å². The maximum Gasteiger partial charge on any atom is 0.244 e. The molecular formula is C48H55N7O6S. The minimum atomic E-state index is -1.12. The second kappa shape index (κ2) is 24.5. The minimum absolute atomic E-state index is 0.0305. The number of ether oxygens (including phenoxy) is 1. The Bertz CT molecular complexity index is 2200. The first kappa shape index (κ1) is 46.3. The molecule has 4 amide bonds. The van der Waals surface area contributed by atoms with E-state index in [1.165, 1.54) is 23.9 Å². The van der Waals surface area contributed by atoms with E-state index in [0.29, 0.717) is 30.7 Å². The summed E-state index contributed by atoms with van der Waals surface area (Å²) in [7, 11) is 1.60. The monoisotopic (exact) mass is 857 g/mol. The summed E-state index contributed by atoms with van der Waals surface area (Å²) in [5, 5.41) is 21.5. The van der Waals surface area contributed by atoms with Crippen LogP contribution >= 0.6 is 11.8 Å². The lowest BCUT2D eigenvalue weighted by atomic mass is 10.0. The quantitative estimate of drug-likeness (QED) is 0.0277. The molecule has 13 nitrogen and oxygen atoms in total. The molecule has 5 aromatic rings. The van der Waals surface area contributed by atoms with Crippen LogP contribution in [0.25, 0.3) is 11.1 Å². The van der Waals surface area contributed by atoms with Gasteiger partial charge in [-0.3, -0.25) is 24.2 Å². The van der Waals surface area contributed by atoms with Crippen LogP contribution in [-0.2, 0) is 44.2 Å². The van der Waals surface area contributed by atoms with E-state index in [1.807, 2.05) is 109 Å². The number of aromatic hydroxyl groups is 1. The number of carbonyl (C=O) groups excluding carboxylic acids is 4. The number of thioether (sulfide) groups is 1. The number of hydrogen-bond donors (Lipinski definition) is 7. The Morgan fingerprint density at radius 1 is 0.661 bits per heavy atom. The highest BCUT2D eigenvalue weighted by molar-refractivity contribution is 7.98. The molecule has 0 fully saturated rings. The number of carbonyl (C=O) groups is 4. The van der Waals surface area contributed by atoms with Crippen molar-refractivity contribution >= 4 is 41.4 Å². The number of guanidine groups is 1. The zero-order valence-corrected chi connectivity index (χ0v) is 35.6. The molecule has 0 aliphatic rings. The average molecular weight is 858 g/mol. The van der Waals surface area contributed by atoms with Crippen molar-refractivity contribution in [2.45, 2.75) is 56.0 Å². The van der Waals surface area contributed by atoms with Crippen molar-refractivity contribution in [3.05, 3.63) is 156 Å². The van der Waals surface area contributed by atoms with Gasteiger partial charge < -0.3 is 42.6 Å². The van der Waals surface area contributed by atoms with Crippen molar-refractivity contribution in [3.8, 4) is 22.6 Å². The number of amides is 4. The second-order valence-corrected chi connectivity index (χ2v) is 15.7. The Hall–Kier alpha value is -6.80. The van der Waals surface area contributed by atoms with Crippen molar-refractivity contribution in [1.82, 2.24) is 21.3 Å². The molecule has 0 aliphatic heterocycles. The number of nitrogens with two attached hydrogens (primary N) is 2.